The van der Waals surface area contributed by atoms with E-state index < -0.39 is 0 Å². The molecule has 3 aromatic heterocycles. The number of aromatic nitrogens is 6. The second kappa shape index (κ2) is 7.73. The Hall–Kier alpha value is -2.97. The second-order valence-corrected chi connectivity index (χ2v) is 5.85. The number of hydrogen-bond acceptors (Lipinski definition) is 7. The van der Waals surface area contributed by atoms with Gasteiger partial charge in [0.15, 0.2) is 12.1 Å². The first-order valence-electron chi connectivity index (χ1n) is 8.50. The van der Waals surface area contributed by atoms with Crippen LogP contribution in [-0.4, -0.2) is 38.0 Å². The number of nitrogen functional groups attached to an aromatic ring is 1. The van der Waals surface area contributed by atoms with Crippen molar-refractivity contribution in [2.75, 3.05) is 29.5 Å². The van der Waals surface area contributed by atoms with Gasteiger partial charge in [-0.2, -0.15) is 4.98 Å². The van der Waals surface area contributed by atoms with Crippen LogP contribution in [0.3, 0.4) is 0 Å². The Morgan fingerprint density at radius 3 is 2.84 bits per heavy atom. The molecular weight excluding hydrogens is 318 g/mol. The number of nitrogens with zero attached hydrogens (tertiary/aromatic N) is 4. The van der Waals surface area contributed by atoms with E-state index in [0.29, 0.717) is 24.6 Å². The highest BCUT2D eigenvalue weighted by Crippen LogP contribution is 2.15. The van der Waals surface area contributed by atoms with Crippen molar-refractivity contribution in [2.45, 2.75) is 33.1 Å². The average Bonchev–Trinajstić information content (AvgIpc) is 3.04. The minimum atomic E-state index is 0.228. The van der Waals surface area contributed by atoms with E-state index in [9.17, 15) is 0 Å². The summed E-state index contributed by atoms with van der Waals surface area (Å²) in [6.07, 6.45) is 4.84. The Bertz CT molecular complexity index is 843. The maximum atomic E-state index is 5.72. The lowest BCUT2D eigenvalue weighted by atomic mass is 10.2. The highest BCUT2D eigenvalue weighted by Gasteiger charge is 2.13. The third kappa shape index (κ3) is 4.31. The first-order chi connectivity index (χ1) is 12.2. The molecule has 0 atom stereocenters. The lowest BCUT2D eigenvalue weighted by Gasteiger charge is -2.09. The minimum Gasteiger partial charge on any atom is -0.368 e. The molecule has 0 spiro atoms. The minimum absolute atomic E-state index is 0.228. The molecule has 0 aliphatic heterocycles. The number of aryl methyl sites for hydroxylation is 2. The number of nitrogens with one attached hydrogen (secondary N) is 4. The lowest BCUT2D eigenvalue weighted by molar-refractivity contribution is -0.347. The number of anilines is 3. The topological polar surface area (TPSA) is 132 Å². The number of rotatable bonds is 8. The number of fused-ring (bicyclic) bond motifs is 1. The number of nitrogens with two attached hydrogens (primary N) is 1. The third-order valence-electron chi connectivity index (χ3n) is 3.73. The molecule has 6 N–H and O–H groups in total. The van der Waals surface area contributed by atoms with Crippen LogP contribution in [0.4, 0.5) is 17.6 Å². The zero-order chi connectivity index (χ0) is 17.6. The van der Waals surface area contributed by atoms with Crippen LogP contribution in [0.1, 0.15) is 31.3 Å². The van der Waals surface area contributed by atoms with Gasteiger partial charge in [0.2, 0.25) is 5.52 Å². The number of aromatic amines is 2. The normalized spacial score (nSPS) is 11.0. The van der Waals surface area contributed by atoms with Gasteiger partial charge in [-0.25, -0.2) is 15.0 Å². The first kappa shape index (κ1) is 16.9. The van der Waals surface area contributed by atoms with Gasteiger partial charge in [0.25, 0.3) is 5.95 Å². The Balaban J connectivity index is 1.58. The SMILES string of the molecule is CCCCc1nc(C)cc(NCCNc2nc(N)nc3[nH+]c[nH]c23)n1. The van der Waals surface area contributed by atoms with Gasteiger partial charge in [0.05, 0.1) is 0 Å². The molecule has 0 amide bonds. The molecule has 3 heterocycles. The molecule has 0 aliphatic carbocycles. The van der Waals surface area contributed by atoms with E-state index in [2.05, 4.69) is 47.5 Å². The third-order valence-corrected chi connectivity index (χ3v) is 3.73. The van der Waals surface area contributed by atoms with Crippen LogP contribution in [0.2, 0.25) is 0 Å². The summed E-state index contributed by atoms with van der Waals surface area (Å²) in [5, 5.41) is 6.58. The van der Waals surface area contributed by atoms with Gasteiger partial charge in [0, 0.05) is 31.3 Å². The van der Waals surface area contributed by atoms with Crippen LogP contribution in [-0.2, 0) is 6.42 Å². The summed E-state index contributed by atoms with van der Waals surface area (Å²) >= 11 is 0. The van der Waals surface area contributed by atoms with Crippen LogP contribution in [0.5, 0.6) is 0 Å². The quantitative estimate of drug-likeness (QED) is 0.454. The van der Waals surface area contributed by atoms with Gasteiger partial charge in [-0.15, -0.1) is 0 Å². The molecule has 132 valence electrons. The Morgan fingerprint density at radius 1 is 1.16 bits per heavy atom. The maximum Gasteiger partial charge on any atom is 0.307 e. The summed E-state index contributed by atoms with van der Waals surface area (Å²) in [6, 6.07) is 1.95. The van der Waals surface area contributed by atoms with Gasteiger partial charge < -0.3 is 16.4 Å². The summed E-state index contributed by atoms with van der Waals surface area (Å²) in [5.41, 5.74) is 8.18. The van der Waals surface area contributed by atoms with E-state index in [0.717, 1.165) is 42.1 Å². The number of unbranched alkanes of at least 4 members (excludes halogenated alkanes) is 1. The molecule has 3 aromatic rings. The smallest absolute Gasteiger partial charge is 0.307 e. The van der Waals surface area contributed by atoms with Crippen LogP contribution in [0, 0.1) is 6.92 Å². The summed E-state index contributed by atoms with van der Waals surface area (Å²) in [7, 11) is 0. The van der Waals surface area contributed by atoms with Crippen LogP contribution in [0.25, 0.3) is 11.2 Å². The van der Waals surface area contributed by atoms with Crippen molar-refractivity contribution >= 4 is 28.7 Å². The molecular formula is C16H24N9+. The zero-order valence-corrected chi connectivity index (χ0v) is 14.6. The van der Waals surface area contributed by atoms with Crippen molar-refractivity contribution in [1.82, 2.24) is 24.9 Å². The molecule has 0 fully saturated rings. The molecule has 25 heavy (non-hydrogen) atoms. The van der Waals surface area contributed by atoms with Gasteiger partial charge in [-0.3, -0.25) is 4.98 Å². The summed E-state index contributed by atoms with van der Waals surface area (Å²) < 4.78 is 0. The van der Waals surface area contributed by atoms with Crippen molar-refractivity contribution in [3.63, 3.8) is 0 Å². The Morgan fingerprint density at radius 2 is 2.00 bits per heavy atom. The van der Waals surface area contributed by atoms with E-state index in [1.54, 1.807) is 6.33 Å². The fraction of sp³-hybridized carbons (Fsp3) is 0.438. The van der Waals surface area contributed by atoms with Gasteiger partial charge in [-0.1, -0.05) is 18.3 Å². The van der Waals surface area contributed by atoms with Crippen molar-refractivity contribution in [1.29, 1.82) is 0 Å². The summed E-state index contributed by atoms with van der Waals surface area (Å²) in [5.74, 6) is 2.64. The maximum absolute atomic E-state index is 5.72. The van der Waals surface area contributed by atoms with Gasteiger partial charge in [-0.05, 0) is 13.3 Å². The van der Waals surface area contributed by atoms with Crippen LogP contribution < -0.4 is 21.4 Å². The van der Waals surface area contributed by atoms with Crippen LogP contribution in [0.15, 0.2) is 12.4 Å². The predicted molar refractivity (Wildman–Crippen MR) is 97.2 cm³/mol. The average molecular weight is 342 g/mol. The van der Waals surface area contributed by atoms with E-state index in [4.69, 9.17) is 5.73 Å². The molecule has 9 nitrogen and oxygen atoms in total. The molecule has 0 saturated carbocycles. The van der Waals surface area contributed by atoms with E-state index in [-0.39, 0.29) is 5.95 Å². The van der Waals surface area contributed by atoms with E-state index in [1.165, 1.54) is 0 Å². The lowest BCUT2D eigenvalue weighted by Crippen LogP contribution is -2.16. The molecule has 0 aromatic carbocycles. The van der Waals surface area contributed by atoms with Gasteiger partial charge >= 0.3 is 5.65 Å². The number of hydrogen-bond donors (Lipinski definition) is 4. The predicted octanol–water partition coefficient (Wildman–Crippen LogP) is 1.32. The highest BCUT2D eigenvalue weighted by molar-refractivity contribution is 5.81. The van der Waals surface area contributed by atoms with Crippen molar-refractivity contribution < 1.29 is 4.98 Å². The molecule has 0 unspecified atom stereocenters. The molecule has 3 rings (SSSR count). The van der Waals surface area contributed by atoms with Crippen molar-refractivity contribution in [3.05, 3.63) is 23.9 Å². The van der Waals surface area contributed by atoms with E-state index in [1.807, 2.05) is 13.0 Å². The zero-order valence-electron chi connectivity index (χ0n) is 14.6. The molecule has 0 bridgehead atoms. The molecule has 9 heteroatoms. The fourth-order valence-corrected chi connectivity index (χ4v) is 2.56. The summed E-state index contributed by atoms with van der Waals surface area (Å²) in [4.78, 5) is 23.5. The van der Waals surface area contributed by atoms with Crippen LogP contribution >= 0.6 is 0 Å². The van der Waals surface area contributed by atoms with Crippen molar-refractivity contribution in [2.24, 2.45) is 0 Å². The highest BCUT2D eigenvalue weighted by atomic mass is 15.1. The van der Waals surface area contributed by atoms with E-state index >= 15 is 0 Å². The fourth-order valence-electron chi connectivity index (χ4n) is 2.56. The number of imidazole rings is 1. The molecule has 0 aliphatic rings. The van der Waals surface area contributed by atoms with Crippen molar-refractivity contribution in [3.8, 4) is 0 Å². The largest absolute Gasteiger partial charge is 0.368 e. The Kier molecular flexibility index (Phi) is 5.22. The monoisotopic (exact) mass is 342 g/mol. The standard InChI is InChI=1S/C16H23N9/c1-3-4-5-11-22-10(2)8-12(23-11)18-6-7-19-14-13-15(21-9-20-13)25-16(17)24-14/h8-9H,3-7H2,1-2H3,(H,18,22,23)(H4,17,19,20,21,24,25)/p+1. The second-order valence-electron chi connectivity index (χ2n) is 5.85. The van der Waals surface area contributed by atoms with Gasteiger partial charge in [0.1, 0.15) is 11.6 Å². The first-order valence-corrected chi connectivity index (χ1v) is 8.50. The summed E-state index contributed by atoms with van der Waals surface area (Å²) in [6.45, 7) is 5.51. The molecule has 0 saturated heterocycles. The Labute approximate surface area is 145 Å². The molecule has 0 radical (unpaired) electrons. The number of H-pyrrole nitrogens is 2.